The van der Waals surface area contributed by atoms with Gasteiger partial charge in [-0.1, -0.05) is 0 Å². The van der Waals surface area contributed by atoms with E-state index in [1.165, 1.54) is 0 Å². The molecular formula is C23H33N5O2. The Morgan fingerprint density at radius 3 is 2.50 bits per heavy atom. The van der Waals surface area contributed by atoms with Crippen molar-refractivity contribution in [1.82, 2.24) is 19.2 Å². The number of carboxylic acid groups (broad SMARTS) is 1. The van der Waals surface area contributed by atoms with Crippen molar-refractivity contribution in [2.75, 3.05) is 45.8 Å². The minimum atomic E-state index is -0.863. The second kappa shape index (κ2) is 7.96. The zero-order valence-corrected chi connectivity index (χ0v) is 18.7. The molecule has 2 aliphatic rings. The number of hydrogen-bond acceptors (Lipinski definition) is 5. The highest BCUT2D eigenvalue weighted by molar-refractivity contribution is 5.91. The Hall–Kier alpha value is -2.51. The Morgan fingerprint density at radius 2 is 1.93 bits per heavy atom. The molecule has 1 N–H and O–H groups in total. The summed E-state index contributed by atoms with van der Waals surface area (Å²) in [4.78, 5) is 16.8. The number of carbonyl (C=O) groups is 1. The summed E-state index contributed by atoms with van der Waals surface area (Å²) in [7, 11) is 6.33. The van der Waals surface area contributed by atoms with Gasteiger partial charge in [-0.05, 0) is 64.6 Å². The molecule has 2 aliphatic heterocycles. The Morgan fingerprint density at radius 1 is 1.23 bits per heavy atom. The molecule has 0 aromatic carbocycles. The molecule has 0 radical (unpaired) electrons. The standard InChI is InChI=1S/C23H33N5O2/c1-16-21(23(29)30)14-19-13-20(28-10-6-9-25(28)5)15-27(19)22(16)17(2)26-11-7-18(8-12-26)24(3)4/h6,9,13-15,17-18H,7-8,10-12H2,1-5H3,(H,29,30). The lowest BCUT2D eigenvalue weighted by Gasteiger charge is -2.39. The Labute approximate surface area is 178 Å². The van der Waals surface area contributed by atoms with Crippen LogP contribution in [0.15, 0.2) is 30.6 Å². The van der Waals surface area contributed by atoms with Gasteiger partial charge in [0.25, 0.3) is 0 Å². The Bertz CT molecular complexity index is 972. The van der Waals surface area contributed by atoms with Crippen LogP contribution in [-0.4, -0.2) is 77.1 Å². The van der Waals surface area contributed by atoms with Gasteiger partial charge in [-0.2, -0.15) is 0 Å². The van der Waals surface area contributed by atoms with Crippen molar-refractivity contribution >= 4 is 17.2 Å². The zero-order valence-electron chi connectivity index (χ0n) is 18.7. The molecule has 4 heterocycles. The van der Waals surface area contributed by atoms with Crippen molar-refractivity contribution in [3.8, 4) is 0 Å². The second-order valence-corrected chi connectivity index (χ2v) is 8.81. The molecule has 0 saturated carbocycles. The van der Waals surface area contributed by atoms with E-state index in [1.54, 1.807) is 6.07 Å². The van der Waals surface area contributed by atoms with E-state index in [-0.39, 0.29) is 6.04 Å². The SMILES string of the molecule is Cc1c(C(=O)O)cc2cc(N3CC=CN3C)cn2c1C(C)N1CCC(N(C)C)CC1. The van der Waals surface area contributed by atoms with Crippen LogP contribution in [0.3, 0.4) is 0 Å². The monoisotopic (exact) mass is 411 g/mol. The number of piperidine rings is 1. The van der Waals surface area contributed by atoms with Gasteiger partial charge in [0, 0.05) is 55.8 Å². The molecular weight excluding hydrogens is 378 g/mol. The first kappa shape index (κ1) is 20.8. The third-order valence-electron chi connectivity index (χ3n) is 6.86. The quantitative estimate of drug-likeness (QED) is 0.815. The fourth-order valence-corrected chi connectivity index (χ4v) is 5.00. The van der Waals surface area contributed by atoms with Crippen molar-refractivity contribution in [2.45, 2.75) is 38.8 Å². The second-order valence-electron chi connectivity index (χ2n) is 8.81. The van der Waals surface area contributed by atoms with Gasteiger partial charge in [0.15, 0.2) is 0 Å². The lowest BCUT2D eigenvalue weighted by Crippen LogP contribution is -2.43. The van der Waals surface area contributed by atoms with E-state index in [9.17, 15) is 9.90 Å². The molecule has 7 heteroatoms. The summed E-state index contributed by atoms with van der Waals surface area (Å²) < 4.78 is 2.20. The lowest BCUT2D eigenvalue weighted by atomic mass is 9.98. The molecule has 2 aromatic rings. The number of likely N-dealkylation sites (tertiary alicyclic amines) is 1. The van der Waals surface area contributed by atoms with Crippen molar-refractivity contribution in [3.63, 3.8) is 0 Å². The van der Waals surface area contributed by atoms with Gasteiger partial charge in [-0.25, -0.2) is 4.79 Å². The molecule has 0 aliphatic carbocycles. The highest BCUT2D eigenvalue weighted by atomic mass is 16.4. The average Bonchev–Trinajstić information content (AvgIpc) is 3.32. The molecule has 0 spiro atoms. The van der Waals surface area contributed by atoms with Crippen LogP contribution in [0.4, 0.5) is 5.69 Å². The van der Waals surface area contributed by atoms with Crippen LogP contribution in [0.1, 0.15) is 47.4 Å². The van der Waals surface area contributed by atoms with Gasteiger partial charge in [0.2, 0.25) is 0 Å². The number of carboxylic acids is 1. The first-order chi connectivity index (χ1) is 14.3. The van der Waals surface area contributed by atoms with Gasteiger partial charge in [0.1, 0.15) is 0 Å². The molecule has 0 amide bonds. The molecule has 0 bridgehead atoms. The van der Waals surface area contributed by atoms with Gasteiger partial charge in [-0.15, -0.1) is 0 Å². The van der Waals surface area contributed by atoms with Gasteiger partial charge >= 0.3 is 5.97 Å². The minimum Gasteiger partial charge on any atom is -0.478 e. The van der Waals surface area contributed by atoms with Crippen LogP contribution in [0.2, 0.25) is 0 Å². The summed E-state index contributed by atoms with van der Waals surface area (Å²) in [5, 5.41) is 14.1. The molecule has 7 nitrogen and oxygen atoms in total. The summed E-state index contributed by atoms with van der Waals surface area (Å²) in [5.74, 6) is -0.863. The van der Waals surface area contributed by atoms with Crippen LogP contribution in [0.25, 0.3) is 5.52 Å². The van der Waals surface area contributed by atoms with E-state index in [2.05, 4.69) is 69.8 Å². The molecule has 1 atom stereocenters. The fourth-order valence-electron chi connectivity index (χ4n) is 5.00. The maximum absolute atomic E-state index is 12.0. The van der Waals surface area contributed by atoms with Crippen LogP contribution >= 0.6 is 0 Å². The molecule has 30 heavy (non-hydrogen) atoms. The molecule has 1 fully saturated rings. The molecule has 1 unspecified atom stereocenters. The third-order valence-corrected chi connectivity index (χ3v) is 6.86. The third kappa shape index (κ3) is 3.56. The van der Waals surface area contributed by atoms with E-state index in [4.69, 9.17) is 0 Å². The van der Waals surface area contributed by atoms with E-state index >= 15 is 0 Å². The van der Waals surface area contributed by atoms with Crippen LogP contribution in [0.5, 0.6) is 0 Å². The number of hydrogen-bond donors (Lipinski definition) is 1. The van der Waals surface area contributed by atoms with E-state index in [1.807, 2.05) is 14.0 Å². The topological polar surface area (TPSA) is 54.7 Å². The summed E-state index contributed by atoms with van der Waals surface area (Å²) in [6, 6.07) is 4.66. The van der Waals surface area contributed by atoms with Crippen molar-refractivity contribution in [1.29, 1.82) is 0 Å². The summed E-state index contributed by atoms with van der Waals surface area (Å²) in [6.45, 7) is 7.03. The van der Waals surface area contributed by atoms with Crippen molar-refractivity contribution in [3.05, 3.63) is 47.4 Å². The number of hydrazine groups is 1. The first-order valence-corrected chi connectivity index (χ1v) is 10.7. The number of fused-ring (bicyclic) bond motifs is 1. The van der Waals surface area contributed by atoms with Crippen LogP contribution in [-0.2, 0) is 0 Å². The van der Waals surface area contributed by atoms with Gasteiger partial charge in [0.05, 0.1) is 17.8 Å². The maximum Gasteiger partial charge on any atom is 0.336 e. The first-order valence-electron chi connectivity index (χ1n) is 10.7. The van der Waals surface area contributed by atoms with Crippen LogP contribution < -0.4 is 5.01 Å². The maximum atomic E-state index is 12.0. The largest absolute Gasteiger partial charge is 0.478 e. The summed E-state index contributed by atoms with van der Waals surface area (Å²) >= 11 is 0. The molecule has 1 saturated heterocycles. The predicted molar refractivity (Wildman–Crippen MR) is 120 cm³/mol. The van der Waals surface area contributed by atoms with Gasteiger partial charge in [-0.3, -0.25) is 14.9 Å². The predicted octanol–water partition coefficient (Wildman–Crippen LogP) is 3.21. The summed E-state index contributed by atoms with van der Waals surface area (Å²) in [5.41, 5.74) is 4.33. The molecule has 2 aromatic heterocycles. The number of aromatic carboxylic acids is 1. The number of rotatable bonds is 5. The van der Waals surface area contributed by atoms with E-state index < -0.39 is 5.97 Å². The Kier molecular flexibility index (Phi) is 5.51. The zero-order chi connectivity index (χ0) is 21.6. The van der Waals surface area contributed by atoms with Crippen molar-refractivity contribution in [2.24, 2.45) is 0 Å². The number of aromatic nitrogens is 1. The normalized spacial score (nSPS) is 19.4. The van der Waals surface area contributed by atoms with Gasteiger partial charge < -0.3 is 14.4 Å². The molecule has 4 rings (SSSR count). The van der Waals surface area contributed by atoms with Crippen molar-refractivity contribution < 1.29 is 9.90 Å². The van der Waals surface area contributed by atoms with Crippen LogP contribution in [0, 0.1) is 6.92 Å². The number of anilines is 1. The number of nitrogens with zero attached hydrogens (tertiary/aromatic N) is 5. The lowest BCUT2D eigenvalue weighted by molar-refractivity contribution is 0.0695. The highest BCUT2D eigenvalue weighted by Crippen LogP contribution is 2.33. The fraction of sp³-hybridized carbons (Fsp3) is 0.522. The smallest absolute Gasteiger partial charge is 0.336 e. The Balaban J connectivity index is 1.74. The van der Waals surface area contributed by atoms with E-state index in [0.717, 1.165) is 54.9 Å². The average molecular weight is 412 g/mol. The number of pyridine rings is 1. The molecule has 162 valence electrons. The van der Waals surface area contributed by atoms with E-state index in [0.29, 0.717) is 11.6 Å². The summed E-state index contributed by atoms with van der Waals surface area (Å²) in [6.07, 6.45) is 8.60. The highest BCUT2D eigenvalue weighted by Gasteiger charge is 2.28. The minimum absolute atomic E-state index is 0.143.